The molecule has 1 aliphatic rings. The summed E-state index contributed by atoms with van der Waals surface area (Å²) in [5, 5.41) is 12.0. The molecular formula is C12H21NO3. The number of hydrogen-bond donors (Lipinski definition) is 2. The van der Waals surface area contributed by atoms with E-state index in [1.165, 1.54) is 0 Å². The van der Waals surface area contributed by atoms with Gasteiger partial charge in [0, 0.05) is 6.04 Å². The van der Waals surface area contributed by atoms with Crippen LogP contribution < -0.4 is 5.32 Å². The average Bonchev–Trinajstić information content (AvgIpc) is 2.28. The molecule has 0 saturated heterocycles. The van der Waals surface area contributed by atoms with Crippen LogP contribution in [0.4, 0.5) is 0 Å². The first-order valence-electron chi connectivity index (χ1n) is 6.09. The third kappa shape index (κ3) is 3.22. The van der Waals surface area contributed by atoms with Crippen LogP contribution in [0.25, 0.3) is 0 Å². The molecule has 1 rings (SSSR count). The number of carbonyl (C=O) groups excluding carboxylic acids is 1. The van der Waals surface area contributed by atoms with Crippen LogP contribution >= 0.6 is 0 Å². The Morgan fingerprint density at radius 2 is 1.88 bits per heavy atom. The van der Waals surface area contributed by atoms with Crippen molar-refractivity contribution in [2.45, 2.75) is 52.0 Å². The first-order valence-corrected chi connectivity index (χ1v) is 6.09. The van der Waals surface area contributed by atoms with Gasteiger partial charge in [-0.3, -0.25) is 9.59 Å². The second kappa shape index (κ2) is 5.87. The molecule has 2 N–H and O–H groups in total. The fourth-order valence-corrected chi connectivity index (χ4v) is 2.19. The van der Waals surface area contributed by atoms with Gasteiger partial charge >= 0.3 is 5.97 Å². The average molecular weight is 227 g/mol. The summed E-state index contributed by atoms with van der Waals surface area (Å²) < 4.78 is 0. The van der Waals surface area contributed by atoms with Gasteiger partial charge in [0.1, 0.15) is 0 Å². The molecule has 1 fully saturated rings. The Kier molecular flexibility index (Phi) is 4.77. The summed E-state index contributed by atoms with van der Waals surface area (Å²) in [7, 11) is 0. The van der Waals surface area contributed by atoms with Gasteiger partial charge in [0.25, 0.3) is 0 Å². The van der Waals surface area contributed by atoms with Crippen molar-refractivity contribution in [1.82, 2.24) is 5.32 Å². The zero-order valence-corrected chi connectivity index (χ0v) is 10.0. The third-order valence-corrected chi connectivity index (χ3v) is 3.42. The Bertz CT molecular complexity index is 265. The Morgan fingerprint density at radius 3 is 2.38 bits per heavy atom. The number of hydrogen-bond acceptors (Lipinski definition) is 2. The molecule has 1 aliphatic carbocycles. The van der Waals surface area contributed by atoms with E-state index >= 15 is 0 Å². The molecule has 16 heavy (non-hydrogen) atoms. The molecular weight excluding hydrogens is 206 g/mol. The summed E-state index contributed by atoms with van der Waals surface area (Å²) in [4.78, 5) is 23.0. The van der Waals surface area contributed by atoms with Gasteiger partial charge in [-0.15, -0.1) is 0 Å². The predicted octanol–water partition coefficient (Wildman–Crippen LogP) is 1.79. The third-order valence-electron chi connectivity index (χ3n) is 3.42. The molecule has 0 aliphatic heterocycles. The maximum absolute atomic E-state index is 11.9. The standard InChI is InChI=1S/C12H21NO3/c1-3-8(2)13-11(14)9-6-4-5-7-10(9)12(15)16/h8-10H,3-7H2,1-2H3,(H,13,14)(H,15,16). The van der Waals surface area contributed by atoms with Gasteiger partial charge in [-0.1, -0.05) is 19.8 Å². The zero-order chi connectivity index (χ0) is 12.1. The second-order valence-corrected chi connectivity index (χ2v) is 4.65. The van der Waals surface area contributed by atoms with Gasteiger partial charge in [0.2, 0.25) is 5.91 Å². The molecule has 1 saturated carbocycles. The van der Waals surface area contributed by atoms with E-state index in [-0.39, 0.29) is 17.9 Å². The van der Waals surface area contributed by atoms with Crippen molar-refractivity contribution < 1.29 is 14.7 Å². The molecule has 0 spiro atoms. The highest BCUT2D eigenvalue weighted by atomic mass is 16.4. The van der Waals surface area contributed by atoms with E-state index in [0.29, 0.717) is 12.8 Å². The lowest BCUT2D eigenvalue weighted by atomic mass is 9.78. The molecule has 3 atom stereocenters. The van der Waals surface area contributed by atoms with Crippen LogP contribution in [0.5, 0.6) is 0 Å². The van der Waals surface area contributed by atoms with Crippen LogP contribution in [-0.4, -0.2) is 23.0 Å². The van der Waals surface area contributed by atoms with E-state index in [1.807, 2.05) is 13.8 Å². The SMILES string of the molecule is CCC(C)NC(=O)C1CCCCC1C(=O)O. The summed E-state index contributed by atoms with van der Waals surface area (Å²) in [6.45, 7) is 3.94. The number of aliphatic carboxylic acids is 1. The van der Waals surface area contributed by atoms with Crippen molar-refractivity contribution >= 4 is 11.9 Å². The Labute approximate surface area is 96.4 Å². The summed E-state index contributed by atoms with van der Waals surface area (Å²) in [6, 6.07) is 0.129. The van der Waals surface area contributed by atoms with Crippen molar-refractivity contribution in [3.8, 4) is 0 Å². The number of amides is 1. The molecule has 0 radical (unpaired) electrons. The summed E-state index contributed by atoms with van der Waals surface area (Å²) >= 11 is 0. The number of nitrogens with one attached hydrogen (secondary N) is 1. The van der Waals surface area contributed by atoms with Crippen molar-refractivity contribution in [2.75, 3.05) is 0 Å². The molecule has 0 aromatic carbocycles. The maximum atomic E-state index is 11.9. The molecule has 92 valence electrons. The van der Waals surface area contributed by atoms with Crippen molar-refractivity contribution in [3.63, 3.8) is 0 Å². The second-order valence-electron chi connectivity index (χ2n) is 4.65. The van der Waals surface area contributed by atoms with Gasteiger partial charge in [-0.25, -0.2) is 0 Å². The van der Waals surface area contributed by atoms with Gasteiger partial charge in [-0.05, 0) is 26.2 Å². The topological polar surface area (TPSA) is 66.4 Å². The predicted molar refractivity (Wildman–Crippen MR) is 61.0 cm³/mol. The molecule has 0 bridgehead atoms. The normalized spacial score (nSPS) is 27.1. The zero-order valence-electron chi connectivity index (χ0n) is 10.0. The van der Waals surface area contributed by atoms with E-state index in [0.717, 1.165) is 19.3 Å². The Morgan fingerprint density at radius 1 is 1.31 bits per heavy atom. The summed E-state index contributed by atoms with van der Waals surface area (Å²) in [6.07, 6.45) is 4.09. The minimum atomic E-state index is -0.830. The molecule has 3 unspecified atom stereocenters. The van der Waals surface area contributed by atoms with E-state index in [4.69, 9.17) is 5.11 Å². The molecule has 4 nitrogen and oxygen atoms in total. The molecule has 0 heterocycles. The fourth-order valence-electron chi connectivity index (χ4n) is 2.19. The minimum absolute atomic E-state index is 0.0820. The highest BCUT2D eigenvalue weighted by Gasteiger charge is 2.35. The minimum Gasteiger partial charge on any atom is -0.481 e. The maximum Gasteiger partial charge on any atom is 0.307 e. The molecule has 1 amide bonds. The summed E-state index contributed by atoms with van der Waals surface area (Å²) in [5.41, 5.74) is 0. The van der Waals surface area contributed by atoms with E-state index in [2.05, 4.69) is 5.32 Å². The highest BCUT2D eigenvalue weighted by Crippen LogP contribution is 2.30. The first-order chi connectivity index (χ1) is 7.56. The number of carboxylic acids is 1. The fraction of sp³-hybridized carbons (Fsp3) is 0.833. The van der Waals surface area contributed by atoms with Crippen molar-refractivity contribution in [2.24, 2.45) is 11.8 Å². The monoisotopic (exact) mass is 227 g/mol. The largest absolute Gasteiger partial charge is 0.481 e. The van der Waals surface area contributed by atoms with Crippen molar-refractivity contribution in [1.29, 1.82) is 0 Å². The van der Waals surface area contributed by atoms with Crippen LogP contribution in [0.3, 0.4) is 0 Å². The molecule has 4 heteroatoms. The first kappa shape index (κ1) is 13.0. The molecule has 0 aromatic rings. The lowest BCUT2D eigenvalue weighted by Gasteiger charge is -2.28. The van der Waals surface area contributed by atoms with E-state index in [1.54, 1.807) is 0 Å². The van der Waals surface area contributed by atoms with Crippen LogP contribution in [0, 0.1) is 11.8 Å². The van der Waals surface area contributed by atoms with Crippen LogP contribution in [0.15, 0.2) is 0 Å². The Balaban J connectivity index is 2.60. The highest BCUT2D eigenvalue weighted by molar-refractivity contribution is 5.85. The van der Waals surface area contributed by atoms with Crippen molar-refractivity contribution in [3.05, 3.63) is 0 Å². The lowest BCUT2D eigenvalue weighted by molar-refractivity contribution is -0.149. The smallest absolute Gasteiger partial charge is 0.307 e. The number of carbonyl (C=O) groups is 2. The quantitative estimate of drug-likeness (QED) is 0.769. The van der Waals surface area contributed by atoms with Crippen LogP contribution in [-0.2, 0) is 9.59 Å². The molecule has 0 aromatic heterocycles. The van der Waals surface area contributed by atoms with Gasteiger partial charge in [0.15, 0.2) is 0 Å². The van der Waals surface area contributed by atoms with Gasteiger partial charge in [0.05, 0.1) is 11.8 Å². The summed E-state index contributed by atoms with van der Waals surface area (Å²) in [5.74, 6) is -1.73. The van der Waals surface area contributed by atoms with Gasteiger partial charge in [-0.2, -0.15) is 0 Å². The van der Waals surface area contributed by atoms with E-state index in [9.17, 15) is 9.59 Å². The van der Waals surface area contributed by atoms with Crippen LogP contribution in [0.2, 0.25) is 0 Å². The number of carboxylic acid groups (broad SMARTS) is 1. The Hall–Kier alpha value is -1.06. The van der Waals surface area contributed by atoms with E-state index < -0.39 is 11.9 Å². The van der Waals surface area contributed by atoms with Gasteiger partial charge < -0.3 is 10.4 Å². The number of rotatable bonds is 4. The lowest BCUT2D eigenvalue weighted by Crippen LogP contribution is -2.42. The van der Waals surface area contributed by atoms with Crippen LogP contribution in [0.1, 0.15) is 46.0 Å².